The summed E-state index contributed by atoms with van der Waals surface area (Å²) < 4.78 is 28.5. The maximum Gasteiger partial charge on any atom is 0.387 e. The summed E-state index contributed by atoms with van der Waals surface area (Å²) in [6.07, 6.45) is 2.87. The molecular formula is C16H26F2N2O. The summed E-state index contributed by atoms with van der Waals surface area (Å²) in [5, 5.41) is 0. The van der Waals surface area contributed by atoms with Crippen LogP contribution in [0.4, 0.5) is 8.78 Å². The highest BCUT2D eigenvalue weighted by Gasteiger charge is 2.26. The molecule has 0 saturated carbocycles. The van der Waals surface area contributed by atoms with Gasteiger partial charge in [0.1, 0.15) is 5.75 Å². The second-order valence-electron chi connectivity index (χ2n) is 5.65. The second kappa shape index (κ2) is 8.29. The zero-order valence-corrected chi connectivity index (χ0v) is 13.1. The molecule has 5 heteroatoms. The lowest BCUT2D eigenvalue weighted by Gasteiger charge is -2.38. The molecule has 0 amide bonds. The number of ether oxygens (including phenoxy) is 1. The lowest BCUT2D eigenvalue weighted by Crippen LogP contribution is -2.50. The number of halogens is 2. The molecule has 1 aromatic carbocycles. The summed E-state index contributed by atoms with van der Waals surface area (Å²) in [6, 6.07) is 6.82. The van der Waals surface area contributed by atoms with E-state index in [0.717, 1.165) is 31.4 Å². The van der Waals surface area contributed by atoms with Crippen molar-refractivity contribution < 1.29 is 13.5 Å². The van der Waals surface area contributed by atoms with Gasteiger partial charge in [-0.3, -0.25) is 4.90 Å². The molecule has 0 saturated heterocycles. The van der Waals surface area contributed by atoms with Crippen LogP contribution >= 0.6 is 0 Å². The standard InChI is InChI=1S/C16H26F2N2O/c1-4-11-20(3)16(2,12-19)10-9-13-5-7-14(8-6-13)21-15(17)18/h5-8,15H,4,9-12,19H2,1-3H3. The van der Waals surface area contributed by atoms with Crippen LogP contribution in [-0.4, -0.2) is 37.2 Å². The third-order valence-electron chi connectivity index (χ3n) is 4.02. The van der Waals surface area contributed by atoms with Gasteiger partial charge in [-0.25, -0.2) is 0 Å². The van der Waals surface area contributed by atoms with Gasteiger partial charge in [0, 0.05) is 12.1 Å². The van der Waals surface area contributed by atoms with Crippen molar-refractivity contribution in [3.63, 3.8) is 0 Å². The van der Waals surface area contributed by atoms with E-state index in [1.54, 1.807) is 12.1 Å². The third-order valence-corrected chi connectivity index (χ3v) is 4.02. The van der Waals surface area contributed by atoms with Crippen molar-refractivity contribution in [2.45, 2.75) is 45.3 Å². The zero-order valence-electron chi connectivity index (χ0n) is 13.1. The van der Waals surface area contributed by atoms with E-state index < -0.39 is 6.61 Å². The molecule has 0 aliphatic carbocycles. The van der Waals surface area contributed by atoms with Crippen LogP contribution in [0.1, 0.15) is 32.3 Å². The van der Waals surface area contributed by atoms with E-state index in [1.807, 2.05) is 12.1 Å². The van der Waals surface area contributed by atoms with Crippen molar-refractivity contribution in [2.24, 2.45) is 5.73 Å². The molecule has 3 nitrogen and oxygen atoms in total. The van der Waals surface area contributed by atoms with Crippen molar-refractivity contribution >= 4 is 0 Å². The molecular weight excluding hydrogens is 274 g/mol. The number of aryl methyl sites for hydroxylation is 1. The highest BCUT2D eigenvalue weighted by molar-refractivity contribution is 5.27. The highest BCUT2D eigenvalue weighted by atomic mass is 19.3. The fourth-order valence-corrected chi connectivity index (χ4v) is 2.31. The molecule has 21 heavy (non-hydrogen) atoms. The monoisotopic (exact) mass is 300 g/mol. The van der Waals surface area contributed by atoms with Gasteiger partial charge in [-0.1, -0.05) is 19.1 Å². The fourth-order valence-electron chi connectivity index (χ4n) is 2.31. The van der Waals surface area contributed by atoms with Crippen LogP contribution in [0, 0.1) is 0 Å². The van der Waals surface area contributed by atoms with Gasteiger partial charge in [-0.2, -0.15) is 8.78 Å². The molecule has 0 heterocycles. The van der Waals surface area contributed by atoms with Crippen molar-refractivity contribution in [2.75, 3.05) is 20.1 Å². The summed E-state index contributed by atoms with van der Waals surface area (Å²) >= 11 is 0. The topological polar surface area (TPSA) is 38.5 Å². The fraction of sp³-hybridized carbons (Fsp3) is 0.625. The maximum absolute atomic E-state index is 12.1. The summed E-state index contributed by atoms with van der Waals surface area (Å²) in [4.78, 5) is 2.29. The van der Waals surface area contributed by atoms with Crippen LogP contribution < -0.4 is 10.5 Å². The number of likely N-dealkylation sites (N-methyl/N-ethyl adjacent to an activating group) is 1. The number of nitrogens with zero attached hydrogens (tertiary/aromatic N) is 1. The summed E-state index contributed by atoms with van der Waals surface area (Å²) in [6.45, 7) is 3.14. The number of hydrogen-bond donors (Lipinski definition) is 1. The zero-order chi connectivity index (χ0) is 15.9. The first-order chi connectivity index (χ1) is 9.91. The predicted octanol–water partition coefficient (Wildman–Crippen LogP) is 3.28. The molecule has 2 N–H and O–H groups in total. The van der Waals surface area contributed by atoms with Crippen molar-refractivity contribution in [3.05, 3.63) is 29.8 Å². The van der Waals surface area contributed by atoms with Gasteiger partial charge in [0.2, 0.25) is 0 Å². The van der Waals surface area contributed by atoms with Gasteiger partial charge in [0.15, 0.2) is 0 Å². The van der Waals surface area contributed by atoms with E-state index in [2.05, 4.69) is 30.5 Å². The first-order valence-electron chi connectivity index (χ1n) is 7.36. The lowest BCUT2D eigenvalue weighted by atomic mass is 9.91. The summed E-state index contributed by atoms with van der Waals surface area (Å²) in [7, 11) is 2.09. The Balaban J connectivity index is 2.60. The largest absolute Gasteiger partial charge is 0.435 e. The Morgan fingerprint density at radius 2 is 1.90 bits per heavy atom. The van der Waals surface area contributed by atoms with E-state index in [0.29, 0.717) is 6.54 Å². The number of hydrogen-bond acceptors (Lipinski definition) is 3. The molecule has 0 aliphatic rings. The van der Waals surface area contributed by atoms with Gasteiger partial charge in [0.25, 0.3) is 0 Å². The van der Waals surface area contributed by atoms with Crippen molar-refractivity contribution in [1.82, 2.24) is 4.90 Å². The molecule has 0 radical (unpaired) electrons. The minimum atomic E-state index is -2.78. The number of nitrogens with two attached hydrogens (primary N) is 1. The normalized spacial score (nSPS) is 14.5. The van der Waals surface area contributed by atoms with Crippen LogP contribution in [0.15, 0.2) is 24.3 Å². The van der Waals surface area contributed by atoms with Crippen molar-refractivity contribution in [3.8, 4) is 5.75 Å². The average molecular weight is 300 g/mol. The molecule has 0 bridgehead atoms. The van der Waals surface area contributed by atoms with Gasteiger partial charge >= 0.3 is 6.61 Å². The van der Waals surface area contributed by atoms with Crippen molar-refractivity contribution in [1.29, 1.82) is 0 Å². The van der Waals surface area contributed by atoms with Gasteiger partial charge in [-0.15, -0.1) is 0 Å². The van der Waals surface area contributed by atoms with E-state index in [9.17, 15) is 8.78 Å². The van der Waals surface area contributed by atoms with Gasteiger partial charge < -0.3 is 10.5 Å². The SMILES string of the molecule is CCCN(C)C(C)(CN)CCc1ccc(OC(F)F)cc1. The average Bonchev–Trinajstić information content (AvgIpc) is 2.46. The third kappa shape index (κ3) is 5.59. The van der Waals surface area contributed by atoms with E-state index in [1.165, 1.54) is 0 Å². The molecule has 0 fully saturated rings. The lowest BCUT2D eigenvalue weighted by molar-refractivity contribution is -0.0498. The molecule has 1 rings (SSSR count). The molecule has 0 aliphatic heterocycles. The second-order valence-corrected chi connectivity index (χ2v) is 5.65. The Labute approximate surface area is 126 Å². The number of alkyl halides is 2. The number of rotatable bonds is 9. The van der Waals surface area contributed by atoms with Crippen LogP contribution in [0.3, 0.4) is 0 Å². The minimum Gasteiger partial charge on any atom is -0.435 e. The molecule has 1 atom stereocenters. The predicted molar refractivity (Wildman–Crippen MR) is 81.8 cm³/mol. The summed E-state index contributed by atoms with van der Waals surface area (Å²) in [5.41, 5.74) is 6.99. The van der Waals surface area contributed by atoms with E-state index >= 15 is 0 Å². The minimum absolute atomic E-state index is 0.0475. The highest BCUT2D eigenvalue weighted by Crippen LogP contribution is 2.21. The molecule has 0 spiro atoms. The Hall–Kier alpha value is -1.20. The first-order valence-corrected chi connectivity index (χ1v) is 7.36. The van der Waals surface area contributed by atoms with Crippen LogP contribution in [0.5, 0.6) is 5.75 Å². The Kier molecular flexibility index (Phi) is 7.05. The Bertz CT molecular complexity index is 411. The van der Waals surface area contributed by atoms with E-state index in [4.69, 9.17) is 5.73 Å². The Morgan fingerprint density at radius 3 is 2.38 bits per heavy atom. The molecule has 120 valence electrons. The maximum atomic E-state index is 12.1. The quantitative estimate of drug-likeness (QED) is 0.760. The van der Waals surface area contributed by atoms with E-state index in [-0.39, 0.29) is 11.3 Å². The Morgan fingerprint density at radius 1 is 1.29 bits per heavy atom. The molecule has 1 aromatic rings. The molecule has 1 unspecified atom stereocenters. The smallest absolute Gasteiger partial charge is 0.387 e. The van der Waals surface area contributed by atoms with Crippen LogP contribution in [0.2, 0.25) is 0 Å². The van der Waals surface area contributed by atoms with Crippen LogP contribution in [-0.2, 0) is 6.42 Å². The molecule has 0 aromatic heterocycles. The first kappa shape index (κ1) is 17.9. The van der Waals surface area contributed by atoms with Gasteiger partial charge in [0.05, 0.1) is 0 Å². The van der Waals surface area contributed by atoms with Gasteiger partial charge in [-0.05, 0) is 57.5 Å². The number of benzene rings is 1. The van der Waals surface area contributed by atoms with Crippen LogP contribution in [0.25, 0.3) is 0 Å². The summed E-state index contributed by atoms with van der Waals surface area (Å²) in [5.74, 6) is 0.193.